The lowest BCUT2D eigenvalue weighted by Crippen LogP contribution is -2.51. The van der Waals surface area contributed by atoms with E-state index in [1.807, 2.05) is 0 Å². The first kappa shape index (κ1) is 20.5. The van der Waals surface area contributed by atoms with Crippen LogP contribution in [0.15, 0.2) is 23.1 Å². The molecule has 1 aromatic rings. The van der Waals surface area contributed by atoms with Crippen molar-refractivity contribution < 1.29 is 17.9 Å². The van der Waals surface area contributed by atoms with Crippen LogP contribution in [0.5, 0.6) is 5.75 Å². The van der Waals surface area contributed by atoms with Crippen LogP contribution in [0.1, 0.15) is 12.8 Å². The number of nitrogens with two attached hydrogens (primary N) is 1. The molecule has 2 unspecified atom stereocenters. The molecule has 2 atom stereocenters. The van der Waals surface area contributed by atoms with Crippen molar-refractivity contribution in [3.05, 3.63) is 23.2 Å². The fraction of sp³-hybridized carbons (Fsp3) is 0.571. The number of piperidine rings is 1. The Morgan fingerprint density at radius 3 is 2.61 bits per heavy atom. The Labute approximate surface area is 148 Å². The smallest absolute Gasteiger partial charge is 0.243 e. The summed E-state index contributed by atoms with van der Waals surface area (Å²) in [6.45, 7) is 0.634. The van der Waals surface area contributed by atoms with Crippen LogP contribution in [0.25, 0.3) is 0 Å². The van der Waals surface area contributed by atoms with E-state index >= 15 is 0 Å². The number of methoxy groups -OCH3 is 2. The SMILES string of the molecule is COc1ccc(S(=O)(=O)N2CCC(OC)CC2CN)cc1Cl.Cl. The van der Waals surface area contributed by atoms with Gasteiger partial charge in [-0.3, -0.25) is 0 Å². The number of benzene rings is 1. The van der Waals surface area contributed by atoms with E-state index in [9.17, 15) is 8.42 Å². The van der Waals surface area contributed by atoms with Crippen molar-refractivity contribution in [2.45, 2.75) is 29.9 Å². The molecule has 1 aliphatic heterocycles. The number of hydrogen-bond donors (Lipinski definition) is 1. The van der Waals surface area contributed by atoms with Crippen LogP contribution >= 0.6 is 24.0 Å². The van der Waals surface area contributed by atoms with Crippen molar-refractivity contribution >= 4 is 34.0 Å². The highest BCUT2D eigenvalue weighted by Crippen LogP contribution is 2.31. The molecule has 1 fully saturated rings. The second-order valence-electron chi connectivity index (χ2n) is 5.18. The summed E-state index contributed by atoms with van der Waals surface area (Å²) in [6, 6.07) is 4.18. The maximum atomic E-state index is 12.8. The molecule has 6 nitrogen and oxygen atoms in total. The number of hydrogen-bond acceptors (Lipinski definition) is 5. The van der Waals surface area contributed by atoms with Crippen molar-refractivity contribution in [1.29, 1.82) is 0 Å². The van der Waals surface area contributed by atoms with Crippen molar-refractivity contribution in [3.63, 3.8) is 0 Å². The Morgan fingerprint density at radius 1 is 1.39 bits per heavy atom. The zero-order valence-corrected chi connectivity index (χ0v) is 15.5. The second-order valence-corrected chi connectivity index (χ2v) is 7.48. The third kappa shape index (κ3) is 4.29. The minimum atomic E-state index is -3.64. The van der Waals surface area contributed by atoms with Crippen molar-refractivity contribution in [2.75, 3.05) is 27.3 Å². The summed E-state index contributed by atoms with van der Waals surface area (Å²) in [5.41, 5.74) is 5.75. The summed E-state index contributed by atoms with van der Waals surface area (Å²) < 4.78 is 37.5. The van der Waals surface area contributed by atoms with E-state index in [0.29, 0.717) is 25.1 Å². The summed E-state index contributed by atoms with van der Waals surface area (Å²) in [4.78, 5) is 0.146. The predicted molar refractivity (Wildman–Crippen MR) is 92.0 cm³/mol. The maximum Gasteiger partial charge on any atom is 0.243 e. The Kier molecular flexibility index (Phi) is 7.57. The van der Waals surface area contributed by atoms with Gasteiger partial charge in [-0.15, -0.1) is 12.4 Å². The number of rotatable bonds is 5. The second kappa shape index (κ2) is 8.50. The normalized spacial score (nSPS) is 22.4. The Morgan fingerprint density at radius 2 is 2.09 bits per heavy atom. The molecule has 1 heterocycles. The zero-order chi connectivity index (χ0) is 16.3. The summed E-state index contributed by atoms with van der Waals surface area (Å²) >= 11 is 6.04. The molecule has 2 rings (SSSR count). The van der Waals surface area contributed by atoms with Crippen LogP contribution in [-0.4, -0.2) is 52.2 Å². The van der Waals surface area contributed by atoms with Crippen LogP contribution in [0.2, 0.25) is 5.02 Å². The van der Waals surface area contributed by atoms with Crippen LogP contribution in [-0.2, 0) is 14.8 Å². The minimum Gasteiger partial charge on any atom is -0.495 e. The number of sulfonamides is 1. The zero-order valence-electron chi connectivity index (χ0n) is 13.1. The fourth-order valence-electron chi connectivity index (χ4n) is 2.68. The molecule has 23 heavy (non-hydrogen) atoms. The van der Waals surface area contributed by atoms with E-state index < -0.39 is 10.0 Å². The Bertz CT molecular complexity index is 627. The molecular weight excluding hydrogens is 363 g/mol. The van der Waals surface area contributed by atoms with Crippen molar-refractivity contribution in [1.82, 2.24) is 4.31 Å². The van der Waals surface area contributed by atoms with E-state index in [1.165, 1.54) is 23.5 Å². The number of ether oxygens (including phenoxy) is 2. The first-order chi connectivity index (χ1) is 10.4. The largest absolute Gasteiger partial charge is 0.495 e. The molecule has 0 spiro atoms. The maximum absolute atomic E-state index is 12.8. The van der Waals surface area contributed by atoms with Gasteiger partial charge in [-0.25, -0.2) is 8.42 Å². The van der Waals surface area contributed by atoms with E-state index in [4.69, 9.17) is 26.8 Å². The first-order valence-corrected chi connectivity index (χ1v) is 8.84. The van der Waals surface area contributed by atoms with Crippen molar-refractivity contribution in [2.24, 2.45) is 5.73 Å². The predicted octanol–water partition coefficient (Wildman–Crippen LogP) is 1.90. The molecule has 1 aliphatic rings. The fourth-order valence-corrected chi connectivity index (χ4v) is 4.69. The molecule has 9 heteroatoms. The minimum absolute atomic E-state index is 0. The van der Waals surface area contributed by atoms with E-state index in [0.717, 1.165) is 0 Å². The topological polar surface area (TPSA) is 81.9 Å². The molecule has 0 radical (unpaired) electrons. The van der Waals surface area contributed by atoms with E-state index in [1.54, 1.807) is 13.2 Å². The molecule has 0 bridgehead atoms. The number of nitrogens with zero attached hydrogens (tertiary/aromatic N) is 1. The van der Waals surface area contributed by atoms with Gasteiger partial charge in [-0.1, -0.05) is 11.6 Å². The summed E-state index contributed by atoms with van der Waals surface area (Å²) in [6.07, 6.45) is 1.28. The van der Waals surface area contributed by atoms with Gasteiger partial charge < -0.3 is 15.2 Å². The van der Waals surface area contributed by atoms with E-state index in [2.05, 4.69) is 0 Å². The average Bonchev–Trinajstić information content (AvgIpc) is 2.53. The first-order valence-electron chi connectivity index (χ1n) is 7.02. The van der Waals surface area contributed by atoms with E-state index in [-0.39, 0.29) is 41.0 Å². The lowest BCUT2D eigenvalue weighted by atomic mass is 10.0. The lowest BCUT2D eigenvalue weighted by Gasteiger charge is -2.37. The molecular formula is C14H22Cl2N2O4S. The van der Waals surface area contributed by atoms with Gasteiger partial charge in [-0.2, -0.15) is 4.31 Å². The molecule has 1 aromatic carbocycles. The van der Waals surface area contributed by atoms with Gasteiger partial charge in [0.15, 0.2) is 0 Å². The molecule has 2 N–H and O–H groups in total. The summed E-state index contributed by atoms with van der Waals surface area (Å²) in [5.74, 6) is 0.439. The molecule has 0 aliphatic carbocycles. The van der Waals surface area contributed by atoms with Crippen LogP contribution in [0.3, 0.4) is 0 Å². The highest BCUT2D eigenvalue weighted by Gasteiger charge is 2.36. The number of halogens is 2. The molecule has 0 saturated carbocycles. The van der Waals surface area contributed by atoms with Gasteiger partial charge in [0.05, 0.1) is 23.1 Å². The van der Waals surface area contributed by atoms with Crippen molar-refractivity contribution in [3.8, 4) is 5.75 Å². The van der Waals surface area contributed by atoms with Crippen LogP contribution in [0.4, 0.5) is 0 Å². The quantitative estimate of drug-likeness (QED) is 0.837. The lowest BCUT2D eigenvalue weighted by molar-refractivity contribution is 0.0401. The molecule has 0 aromatic heterocycles. The monoisotopic (exact) mass is 384 g/mol. The summed E-state index contributed by atoms with van der Waals surface area (Å²) in [7, 11) is -0.533. The molecule has 1 saturated heterocycles. The highest BCUT2D eigenvalue weighted by molar-refractivity contribution is 7.89. The van der Waals surface area contributed by atoms with Gasteiger partial charge in [-0.05, 0) is 31.0 Å². The Hall–Kier alpha value is -0.570. The third-order valence-electron chi connectivity index (χ3n) is 3.95. The van der Waals surface area contributed by atoms with Crippen LogP contribution in [0, 0.1) is 0 Å². The average molecular weight is 385 g/mol. The third-order valence-corrected chi connectivity index (χ3v) is 6.19. The van der Waals surface area contributed by atoms with Crippen LogP contribution < -0.4 is 10.5 Å². The molecule has 132 valence electrons. The van der Waals surface area contributed by atoms with Gasteiger partial charge in [0.1, 0.15) is 5.75 Å². The van der Waals surface area contributed by atoms with Gasteiger partial charge in [0, 0.05) is 26.2 Å². The van der Waals surface area contributed by atoms with Gasteiger partial charge >= 0.3 is 0 Å². The highest BCUT2D eigenvalue weighted by atomic mass is 35.5. The molecule has 0 amide bonds. The standard InChI is InChI=1S/C14H21ClN2O4S.ClH/c1-20-11-5-6-17(10(7-11)9-16)22(18,19)12-3-4-14(21-2)13(15)8-12;/h3-4,8,10-11H,5-7,9,16H2,1-2H3;1H. The summed E-state index contributed by atoms with van der Waals surface area (Å²) in [5, 5.41) is 0.264. The Balaban J connectivity index is 0.00000264. The van der Waals surface area contributed by atoms with Gasteiger partial charge in [0.2, 0.25) is 10.0 Å². The van der Waals surface area contributed by atoms with Gasteiger partial charge in [0.25, 0.3) is 0 Å².